The van der Waals surface area contributed by atoms with Crippen LogP contribution < -0.4 is 5.32 Å². The molecule has 2 aromatic carbocycles. The van der Waals surface area contributed by atoms with Crippen LogP contribution in [0.4, 0.5) is 11.4 Å². The third-order valence-electron chi connectivity index (χ3n) is 4.73. The van der Waals surface area contributed by atoms with E-state index in [0.717, 1.165) is 24.3 Å². The predicted molar refractivity (Wildman–Crippen MR) is 138 cm³/mol. The van der Waals surface area contributed by atoms with Crippen molar-refractivity contribution in [1.29, 1.82) is 0 Å². The molecule has 0 aliphatic carbocycles. The van der Waals surface area contributed by atoms with Gasteiger partial charge < -0.3 is 5.32 Å². The molecule has 2 aromatic rings. The molecule has 0 aromatic heterocycles. The number of carbonyl (C=O) groups excluding carboxylic acids is 1. The van der Waals surface area contributed by atoms with Crippen LogP contribution in [0.1, 0.15) is 56.5 Å². The second-order valence-corrected chi connectivity index (χ2v) is 10.1. The number of carbonyl (C=O) groups is 1. The Hall–Kier alpha value is -3.20. The van der Waals surface area contributed by atoms with E-state index < -0.39 is 10.8 Å². The van der Waals surface area contributed by atoms with Crippen LogP contribution in [0.2, 0.25) is 0 Å². The minimum atomic E-state index is -0.502. The highest BCUT2D eigenvalue weighted by atomic mass is 32.2. The Kier molecular flexibility index (Phi) is 9.80. The summed E-state index contributed by atoms with van der Waals surface area (Å²) in [6.07, 6.45) is 4.69. The average molecular weight is 484 g/mol. The number of hydrogen-bond acceptors (Lipinski definition) is 6. The van der Waals surface area contributed by atoms with Crippen molar-refractivity contribution >= 4 is 29.0 Å². The topological polar surface area (TPSA) is 100 Å². The largest absolute Gasteiger partial charge is 0.322 e. The zero-order valence-corrected chi connectivity index (χ0v) is 21.5. The zero-order chi connectivity index (χ0) is 25.3. The minimum Gasteiger partial charge on any atom is -0.322 e. The van der Waals surface area contributed by atoms with Crippen LogP contribution in [-0.2, 0) is 6.42 Å². The molecule has 0 saturated carbocycles. The number of nitro groups is 1. The molecule has 0 spiro atoms. The maximum Gasteiger partial charge on any atom is 0.270 e. The van der Waals surface area contributed by atoms with E-state index in [2.05, 4.69) is 43.3 Å². The van der Waals surface area contributed by atoms with Crippen LogP contribution in [-0.4, -0.2) is 29.9 Å². The van der Waals surface area contributed by atoms with E-state index in [1.54, 1.807) is 25.2 Å². The van der Waals surface area contributed by atoms with Gasteiger partial charge in [-0.1, -0.05) is 69.3 Å². The third kappa shape index (κ3) is 8.30. The SMILES string of the molecule is CCC/C=C(\Sc1ccc([N+](=O)[O-])cc1C(=O)Nc1ccc(CC(C)(C)C)cc1)N(C)N=NC. The summed E-state index contributed by atoms with van der Waals surface area (Å²) in [7, 11) is 3.35. The van der Waals surface area contributed by atoms with E-state index in [1.165, 1.54) is 29.5 Å². The minimum absolute atomic E-state index is 0.143. The van der Waals surface area contributed by atoms with E-state index in [1.807, 2.05) is 30.3 Å². The normalized spacial score (nSPS) is 12.1. The van der Waals surface area contributed by atoms with E-state index in [0.29, 0.717) is 10.6 Å². The molecule has 0 unspecified atom stereocenters. The van der Waals surface area contributed by atoms with Gasteiger partial charge in [0.1, 0.15) is 0 Å². The molecule has 2 rings (SSSR count). The summed E-state index contributed by atoms with van der Waals surface area (Å²) in [4.78, 5) is 24.7. The Balaban J connectivity index is 2.35. The maximum atomic E-state index is 13.2. The van der Waals surface area contributed by atoms with Crippen molar-refractivity contribution in [1.82, 2.24) is 5.01 Å². The first-order valence-corrected chi connectivity index (χ1v) is 12.0. The summed E-state index contributed by atoms with van der Waals surface area (Å²) in [5.41, 5.74) is 2.05. The molecule has 1 amide bonds. The number of thioether (sulfide) groups is 1. The van der Waals surface area contributed by atoms with Gasteiger partial charge in [0.2, 0.25) is 0 Å². The van der Waals surface area contributed by atoms with Gasteiger partial charge in [-0.05, 0) is 42.0 Å². The van der Waals surface area contributed by atoms with Crippen molar-refractivity contribution in [3.05, 3.63) is 74.8 Å². The number of allylic oxidation sites excluding steroid dienone is 1. The van der Waals surface area contributed by atoms with Crippen LogP contribution in [0.15, 0.2) is 68.8 Å². The summed E-state index contributed by atoms with van der Waals surface area (Å²) < 4.78 is 0. The molecule has 0 saturated heterocycles. The third-order valence-corrected chi connectivity index (χ3v) is 5.95. The first-order chi connectivity index (χ1) is 16.0. The van der Waals surface area contributed by atoms with Crippen LogP contribution in [0.5, 0.6) is 0 Å². The van der Waals surface area contributed by atoms with Gasteiger partial charge in [0.05, 0.1) is 22.6 Å². The van der Waals surface area contributed by atoms with Crippen LogP contribution in [0, 0.1) is 15.5 Å². The summed E-state index contributed by atoms with van der Waals surface area (Å²) in [5, 5.41) is 24.5. The molecule has 8 nitrogen and oxygen atoms in total. The molecule has 1 N–H and O–H groups in total. The number of amides is 1. The fourth-order valence-corrected chi connectivity index (χ4v) is 4.21. The fourth-order valence-electron chi connectivity index (χ4n) is 3.21. The Bertz CT molecular complexity index is 1060. The molecule has 0 heterocycles. The molecule has 0 atom stereocenters. The lowest BCUT2D eigenvalue weighted by Gasteiger charge is -2.18. The van der Waals surface area contributed by atoms with Gasteiger partial charge in [-0.3, -0.25) is 14.9 Å². The predicted octanol–water partition coefficient (Wildman–Crippen LogP) is 7.10. The first kappa shape index (κ1) is 27.0. The van der Waals surface area contributed by atoms with Gasteiger partial charge in [0.25, 0.3) is 11.6 Å². The smallest absolute Gasteiger partial charge is 0.270 e. The van der Waals surface area contributed by atoms with Gasteiger partial charge in [-0.15, -0.1) is 0 Å². The number of nitro benzene ring substituents is 1. The number of benzene rings is 2. The average Bonchev–Trinajstić information content (AvgIpc) is 2.77. The van der Waals surface area contributed by atoms with Crippen molar-refractivity contribution < 1.29 is 9.72 Å². The van der Waals surface area contributed by atoms with Gasteiger partial charge in [-0.25, -0.2) is 5.01 Å². The quantitative estimate of drug-likeness (QED) is 0.168. The molecule has 0 bridgehead atoms. The molecule has 34 heavy (non-hydrogen) atoms. The van der Waals surface area contributed by atoms with Crippen molar-refractivity contribution in [3.63, 3.8) is 0 Å². The number of hydrogen-bond donors (Lipinski definition) is 1. The van der Waals surface area contributed by atoms with E-state index in [-0.39, 0.29) is 16.7 Å². The van der Waals surface area contributed by atoms with Gasteiger partial charge >= 0.3 is 0 Å². The summed E-state index contributed by atoms with van der Waals surface area (Å²) in [6.45, 7) is 8.59. The number of anilines is 1. The van der Waals surface area contributed by atoms with Crippen LogP contribution in [0.3, 0.4) is 0 Å². The monoisotopic (exact) mass is 483 g/mol. The van der Waals surface area contributed by atoms with E-state index >= 15 is 0 Å². The lowest BCUT2D eigenvalue weighted by atomic mass is 9.88. The standard InChI is InChI=1S/C25H33N5O3S/c1-7-8-9-23(29(6)28-26-5)34-22-15-14-20(30(32)33)16-21(22)24(31)27-19-12-10-18(11-13-19)17-25(2,3)4/h9-16H,7-8,17H2,1-6H3,(H,27,31)/b23-9-,28-26?. The van der Waals surface area contributed by atoms with Crippen molar-refractivity contribution in [2.45, 2.75) is 51.9 Å². The van der Waals surface area contributed by atoms with Crippen molar-refractivity contribution in [2.75, 3.05) is 19.4 Å². The Morgan fingerprint density at radius 2 is 1.88 bits per heavy atom. The summed E-state index contributed by atoms with van der Waals surface area (Å²) in [5.74, 6) is -0.413. The number of non-ortho nitro benzene ring substituents is 1. The van der Waals surface area contributed by atoms with Crippen LogP contribution >= 0.6 is 11.8 Å². The van der Waals surface area contributed by atoms with Gasteiger partial charge in [0.15, 0.2) is 0 Å². The fraction of sp³-hybridized carbons (Fsp3) is 0.400. The van der Waals surface area contributed by atoms with Crippen molar-refractivity contribution in [3.8, 4) is 0 Å². The second kappa shape index (κ2) is 12.3. The van der Waals surface area contributed by atoms with Gasteiger partial charge in [-0.2, -0.15) is 5.11 Å². The molecule has 182 valence electrons. The molecule has 9 heteroatoms. The number of rotatable bonds is 10. The zero-order valence-electron chi connectivity index (χ0n) is 20.7. The molecule has 0 radical (unpaired) electrons. The first-order valence-electron chi connectivity index (χ1n) is 11.1. The lowest BCUT2D eigenvalue weighted by molar-refractivity contribution is -0.384. The highest BCUT2D eigenvalue weighted by Crippen LogP contribution is 2.34. The van der Waals surface area contributed by atoms with Crippen LogP contribution in [0.25, 0.3) is 0 Å². The highest BCUT2D eigenvalue weighted by Gasteiger charge is 2.20. The van der Waals surface area contributed by atoms with Gasteiger partial charge in [0, 0.05) is 29.8 Å². The van der Waals surface area contributed by atoms with Crippen molar-refractivity contribution in [2.24, 2.45) is 15.8 Å². The summed E-state index contributed by atoms with van der Waals surface area (Å²) in [6, 6.07) is 12.0. The molecule has 0 aliphatic rings. The molecular weight excluding hydrogens is 450 g/mol. The molecular formula is C25H33N5O3S. The summed E-state index contributed by atoms with van der Waals surface area (Å²) >= 11 is 1.32. The second-order valence-electron chi connectivity index (χ2n) is 9.07. The number of nitrogens with one attached hydrogen (secondary N) is 1. The highest BCUT2D eigenvalue weighted by molar-refractivity contribution is 8.03. The van der Waals surface area contributed by atoms with E-state index in [9.17, 15) is 14.9 Å². The van der Waals surface area contributed by atoms with E-state index in [4.69, 9.17) is 0 Å². The number of nitrogens with zero attached hydrogens (tertiary/aromatic N) is 4. The molecule has 0 aliphatic heterocycles. The maximum absolute atomic E-state index is 13.2. The Morgan fingerprint density at radius 3 is 2.44 bits per heavy atom. The molecule has 0 fully saturated rings. The Labute approximate surface area is 205 Å². The lowest BCUT2D eigenvalue weighted by Crippen LogP contribution is -2.14. The Morgan fingerprint density at radius 1 is 1.21 bits per heavy atom. The number of unbranched alkanes of at least 4 members (excludes halogenated alkanes) is 1.